The van der Waals surface area contributed by atoms with Crippen LogP contribution in [0.5, 0.6) is 5.75 Å². The Bertz CT molecular complexity index is 620. The molecule has 4 rings (SSSR count). The molecular weight excluding hydrogens is 272 g/mol. The Hall–Kier alpha value is -1.31. The monoisotopic (exact) mass is 298 g/mol. The number of hydrogen-bond acceptors (Lipinski definition) is 2. The Morgan fingerprint density at radius 1 is 1.23 bits per heavy atom. The number of ketones is 1. The van der Waals surface area contributed by atoms with Crippen molar-refractivity contribution in [2.24, 2.45) is 23.2 Å². The van der Waals surface area contributed by atoms with Crippen LogP contribution < -0.4 is 4.74 Å². The van der Waals surface area contributed by atoms with Crippen LogP contribution in [0.4, 0.5) is 0 Å². The molecule has 0 aliphatic heterocycles. The van der Waals surface area contributed by atoms with E-state index < -0.39 is 0 Å². The Balaban J connectivity index is 1.75. The fourth-order valence-electron chi connectivity index (χ4n) is 6.01. The van der Waals surface area contributed by atoms with Crippen LogP contribution in [0.3, 0.4) is 0 Å². The summed E-state index contributed by atoms with van der Waals surface area (Å²) in [6.45, 7) is 4.62. The van der Waals surface area contributed by atoms with Crippen molar-refractivity contribution in [1.29, 1.82) is 0 Å². The zero-order chi connectivity index (χ0) is 15.5. The average Bonchev–Trinajstić information content (AvgIpc) is 2.81. The molecule has 2 fully saturated rings. The van der Waals surface area contributed by atoms with E-state index in [0.717, 1.165) is 31.4 Å². The van der Waals surface area contributed by atoms with Gasteiger partial charge in [0.25, 0.3) is 0 Å². The Kier molecular flexibility index (Phi) is 3.15. The smallest absolute Gasteiger partial charge is 0.139 e. The van der Waals surface area contributed by atoms with Crippen LogP contribution in [-0.2, 0) is 11.2 Å². The number of carbonyl (C=O) groups excluding carboxylic acids is 1. The van der Waals surface area contributed by atoms with Gasteiger partial charge in [-0.2, -0.15) is 0 Å². The van der Waals surface area contributed by atoms with Gasteiger partial charge in [0.15, 0.2) is 0 Å². The van der Waals surface area contributed by atoms with Gasteiger partial charge < -0.3 is 4.74 Å². The lowest BCUT2D eigenvalue weighted by Gasteiger charge is -2.51. The van der Waals surface area contributed by atoms with Crippen molar-refractivity contribution in [1.82, 2.24) is 0 Å². The zero-order valence-electron chi connectivity index (χ0n) is 13.9. The predicted molar refractivity (Wildman–Crippen MR) is 87.2 cm³/mol. The number of methoxy groups -OCH3 is 1. The van der Waals surface area contributed by atoms with Crippen LogP contribution in [0.15, 0.2) is 18.2 Å². The van der Waals surface area contributed by atoms with Crippen molar-refractivity contribution < 1.29 is 9.53 Å². The van der Waals surface area contributed by atoms with E-state index in [1.165, 1.54) is 17.5 Å². The van der Waals surface area contributed by atoms with E-state index in [2.05, 4.69) is 32.0 Å². The summed E-state index contributed by atoms with van der Waals surface area (Å²) >= 11 is 0. The van der Waals surface area contributed by atoms with E-state index in [4.69, 9.17) is 4.74 Å². The second-order valence-electron chi connectivity index (χ2n) is 7.96. The van der Waals surface area contributed by atoms with E-state index in [1.807, 2.05) is 0 Å². The normalized spacial score (nSPS) is 39.9. The lowest BCUT2D eigenvalue weighted by atomic mass is 9.52. The summed E-state index contributed by atoms with van der Waals surface area (Å²) in [4.78, 5) is 12.5. The van der Waals surface area contributed by atoms with Crippen molar-refractivity contribution in [3.63, 3.8) is 0 Å². The van der Waals surface area contributed by atoms with E-state index in [9.17, 15) is 4.79 Å². The molecule has 0 N–H and O–H groups in total. The second kappa shape index (κ2) is 4.84. The number of carbonyl (C=O) groups is 1. The van der Waals surface area contributed by atoms with Crippen molar-refractivity contribution >= 4 is 5.78 Å². The minimum Gasteiger partial charge on any atom is -0.497 e. The molecule has 0 bridgehead atoms. The zero-order valence-corrected chi connectivity index (χ0v) is 13.9. The Morgan fingerprint density at radius 2 is 2.05 bits per heavy atom. The molecule has 0 saturated heterocycles. The quantitative estimate of drug-likeness (QED) is 0.769. The highest BCUT2D eigenvalue weighted by atomic mass is 16.5. The first kappa shape index (κ1) is 14.3. The molecule has 1 aromatic rings. The number of hydrogen-bond donors (Lipinski definition) is 0. The van der Waals surface area contributed by atoms with Gasteiger partial charge in [0.05, 0.1) is 7.11 Å². The molecule has 0 aromatic heterocycles. The fourth-order valence-corrected chi connectivity index (χ4v) is 6.01. The number of rotatable bonds is 1. The van der Waals surface area contributed by atoms with E-state index in [0.29, 0.717) is 29.5 Å². The Morgan fingerprint density at radius 3 is 2.82 bits per heavy atom. The summed E-state index contributed by atoms with van der Waals surface area (Å²) in [7, 11) is 1.74. The van der Waals surface area contributed by atoms with Gasteiger partial charge in [-0.15, -0.1) is 0 Å². The van der Waals surface area contributed by atoms with Gasteiger partial charge in [-0.3, -0.25) is 4.79 Å². The van der Waals surface area contributed by atoms with E-state index in [-0.39, 0.29) is 5.41 Å². The minimum atomic E-state index is -0.0371. The number of aryl methyl sites for hydroxylation is 1. The predicted octanol–water partition coefficient (Wildman–Crippen LogP) is 4.37. The molecule has 5 atom stereocenters. The van der Waals surface area contributed by atoms with Crippen molar-refractivity contribution in [2.75, 3.05) is 7.11 Å². The third-order valence-corrected chi connectivity index (χ3v) is 6.93. The molecule has 3 unspecified atom stereocenters. The van der Waals surface area contributed by atoms with Gasteiger partial charge in [0.2, 0.25) is 0 Å². The standard InChI is InChI=1S/C20H26O2/c1-12-11-20(2)17(8-9-18(20)21)16-6-4-13-10-14(22-3)5-7-15(13)19(12)16/h5,7,10,12,16-17,19H,4,6,8-9,11H2,1-3H3/t12-,16?,17?,19?,20-/m0/s1. The summed E-state index contributed by atoms with van der Waals surface area (Å²) in [5.74, 6) is 4.04. The van der Waals surface area contributed by atoms with Gasteiger partial charge in [0.1, 0.15) is 11.5 Å². The van der Waals surface area contributed by atoms with Crippen LogP contribution in [-0.4, -0.2) is 12.9 Å². The average molecular weight is 298 g/mol. The van der Waals surface area contributed by atoms with Crippen molar-refractivity contribution in [3.05, 3.63) is 29.3 Å². The number of fused-ring (bicyclic) bond motifs is 5. The van der Waals surface area contributed by atoms with Crippen LogP contribution in [0.25, 0.3) is 0 Å². The summed E-state index contributed by atoms with van der Waals surface area (Å²) in [5.41, 5.74) is 2.97. The molecule has 0 spiro atoms. The highest BCUT2D eigenvalue weighted by Gasteiger charge is 2.56. The van der Waals surface area contributed by atoms with E-state index in [1.54, 1.807) is 7.11 Å². The third kappa shape index (κ3) is 1.82. The molecule has 1 aromatic carbocycles. The molecule has 2 nitrogen and oxygen atoms in total. The first-order valence-corrected chi connectivity index (χ1v) is 8.74. The highest BCUT2D eigenvalue weighted by Crippen LogP contribution is 2.61. The first-order chi connectivity index (χ1) is 10.5. The van der Waals surface area contributed by atoms with Gasteiger partial charge in [-0.05, 0) is 72.6 Å². The summed E-state index contributed by atoms with van der Waals surface area (Å²) in [5, 5.41) is 0. The minimum absolute atomic E-state index is 0.0371. The number of Topliss-reactive ketones (excluding diaryl/α,β-unsaturated/α-hetero) is 1. The lowest BCUT2D eigenvalue weighted by Crippen LogP contribution is -2.46. The first-order valence-electron chi connectivity index (χ1n) is 8.74. The molecule has 0 amide bonds. The van der Waals surface area contributed by atoms with Crippen LogP contribution in [0.1, 0.15) is 56.6 Å². The van der Waals surface area contributed by atoms with Crippen LogP contribution >= 0.6 is 0 Å². The molecule has 2 heteroatoms. The summed E-state index contributed by atoms with van der Waals surface area (Å²) in [6, 6.07) is 6.63. The van der Waals surface area contributed by atoms with Gasteiger partial charge >= 0.3 is 0 Å². The molecule has 0 radical (unpaired) electrons. The second-order valence-corrected chi connectivity index (χ2v) is 7.96. The third-order valence-electron chi connectivity index (χ3n) is 6.93. The van der Waals surface area contributed by atoms with Crippen LogP contribution in [0, 0.1) is 23.2 Å². The molecule has 3 aliphatic carbocycles. The van der Waals surface area contributed by atoms with Gasteiger partial charge in [0, 0.05) is 11.8 Å². The highest BCUT2D eigenvalue weighted by molar-refractivity contribution is 5.87. The largest absolute Gasteiger partial charge is 0.497 e. The van der Waals surface area contributed by atoms with Crippen molar-refractivity contribution in [2.45, 2.75) is 51.9 Å². The van der Waals surface area contributed by atoms with E-state index >= 15 is 0 Å². The topological polar surface area (TPSA) is 26.3 Å². The maximum absolute atomic E-state index is 12.5. The lowest BCUT2D eigenvalue weighted by molar-refractivity contribution is -0.130. The molecule has 0 heterocycles. The maximum Gasteiger partial charge on any atom is 0.139 e. The molecule has 3 aliphatic rings. The maximum atomic E-state index is 12.5. The van der Waals surface area contributed by atoms with Gasteiger partial charge in [-0.25, -0.2) is 0 Å². The molecule has 118 valence electrons. The molecule has 22 heavy (non-hydrogen) atoms. The SMILES string of the molecule is COc1ccc2c(c1)CCC1C2[C@@H](C)C[C@]2(C)C(=O)CCC12. The summed E-state index contributed by atoms with van der Waals surface area (Å²) < 4.78 is 5.40. The number of ether oxygens (including phenoxy) is 1. The fraction of sp³-hybridized carbons (Fsp3) is 0.650. The van der Waals surface area contributed by atoms with Crippen molar-refractivity contribution in [3.8, 4) is 5.75 Å². The van der Waals surface area contributed by atoms with Gasteiger partial charge in [-0.1, -0.05) is 19.9 Å². The Labute approximate surface area is 133 Å². The molecule has 2 saturated carbocycles. The number of benzene rings is 1. The van der Waals surface area contributed by atoms with Crippen LogP contribution in [0.2, 0.25) is 0 Å². The summed E-state index contributed by atoms with van der Waals surface area (Å²) in [6.07, 6.45) is 5.38. The molecular formula is C20H26O2.